The Morgan fingerprint density at radius 2 is 1.72 bits per heavy atom. The molecule has 1 unspecified atom stereocenters. The van der Waals surface area contributed by atoms with Crippen LogP contribution in [0.3, 0.4) is 0 Å². The highest BCUT2D eigenvalue weighted by Crippen LogP contribution is 2.21. The van der Waals surface area contributed by atoms with Crippen LogP contribution in [0, 0.1) is 13.8 Å². The summed E-state index contributed by atoms with van der Waals surface area (Å²) in [4.78, 5) is 0. The number of aliphatic hydroxyl groups excluding tert-OH is 1. The molecule has 1 atom stereocenters. The summed E-state index contributed by atoms with van der Waals surface area (Å²) in [7, 11) is 0. The van der Waals surface area contributed by atoms with Gasteiger partial charge in [-0.3, -0.25) is 4.68 Å². The fraction of sp³-hybridized carbons (Fsp3) is 0.800. The molecule has 0 bridgehead atoms. The van der Waals surface area contributed by atoms with Crippen LogP contribution in [-0.4, -0.2) is 14.9 Å². The SMILES string of the molecule is CCCCCCCCn1nc(C)c(C(C)O)c1C. The number of aliphatic hydroxyl groups is 1. The van der Waals surface area contributed by atoms with Gasteiger partial charge in [-0.15, -0.1) is 0 Å². The van der Waals surface area contributed by atoms with Crippen molar-refractivity contribution in [2.45, 2.75) is 78.9 Å². The zero-order valence-electron chi connectivity index (χ0n) is 12.4. The molecule has 0 aliphatic rings. The largest absolute Gasteiger partial charge is 0.389 e. The minimum atomic E-state index is -0.414. The molecule has 1 N–H and O–H groups in total. The van der Waals surface area contributed by atoms with Crippen LogP contribution in [0.4, 0.5) is 0 Å². The van der Waals surface area contributed by atoms with Gasteiger partial charge in [0.2, 0.25) is 0 Å². The fourth-order valence-corrected chi connectivity index (χ4v) is 2.57. The summed E-state index contributed by atoms with van der Waals surface area (Å²) >= 11 is 0. The van der Waals surface area contributed by atoms with Crippen molar-refractivity contribution in [3.05, 3.63) is 17.0 Å². The van der Waals surface area contributed by atoms with E-state index in [9.17, 15) is 5.11 Å². The van der Waals surface area contributed by atoms with Gasteiger partial charge in [0, 0.05) is 17.8 Å². The third kappa shape index (κ3) is 4.13. The molecule has 0 fully saturated rings. The standard InChI is InChI=1S/C15H28N2O/c1-5-6-7-8-9-10-11-17-13(3)15(14(4)18)12(2)16-17/h14,18H,5-11H2,1-4H3. The van der Waals surface area contributed by atoms with E-state index in [1.807, 2.05) is 13.8 Å². The van der Waals surface area contributed by atoms with Crippen molar-refractivity contribution >= 4 is 0 Å². The zero-order valence-corrected chi connectivity index (χ0v) is 12.4. The second kappa shape index (κ2) is 7.57. The lowest BCUT2D eigenvalue weighted by molar-refractivity contribution is 0.197. The van der Waals surface area contributed by atoms with E-state index in [1.54, 1.807) is 0 Å². The Labute approximate surface area is 111 Å². The van der Waals surface area contributed by atoms with Gasteiger partial charge in [0.15, 0.2) is 0 Å². The molecule has 18 heavy (non-hydrogen) atoms. The Kier molecular flexibility index (Phi) is 6.41. The first-order valence-electron chi connectivity index (χ1n) is 7.29. The highest BCUT2D eigenvalue weighted by molar-refractivity contribution is 5.26. The molecule has 0 saturated heterocycles. The molecule has 1 rings (SSSR count). The highest BCUT2D eigenvalue weighted by Gasteiger charge is 2.14. The highest BCUT2D eigenvalue weighted by atomic mass is 16.3. The molecule has 0 saturated carbocycles. The second-order valence-electron chi connectivity index (χ2n) is 5.25. The van der Waals surface area contributed by atoms with Gasteiger partial charge in [0.1, 0.15) is 0 Å². The molecule has 3 nitrogen and oxygen atoms in total. The van der Waals surface area contributed by atoms with Crippen molar-refractivity contribution in [3.63, 3.8) is 0 Å². The molecule has 1 aromatic rings. The Morgan fingerprint density at radius 3 is 2.28 bits per heavy atom. The lowest BCUT2D eigenvalue weighted by Crippen LogP contribution is -2.03. The fourth-order valence-electron chi connectivity index (χ4n) is 2.57. The normalized spacial score (nSPS) is 12.9. The van der Waals surface area contributed by atoms with Crippen LogP contribution in [-0.2, 0) is 6.54 Å². The second-order valence-corrected chi connectivity index (χ2v) is 5.25. The van der Waals surface area contributed by atoms with Crippen LogP contribution in [0.2, 0.25) is 0 Å². The van der Waals surface area contributed by atoms with Crippen LogP contribution in [0.15, 0.2) is 0 Å². The lowest BCUT2D eigenvalue weighted by Gasteiger charge is -2.07. The number of aryl methyl sites for hydroxylation is 2. The summed E-state index contributed by atoms with van der Waals surface area (Å²) < 4.78 is 2.05. The van der Waals surface area contributed by atoms with Gasteiger partial charge in [0.25, 0.3) is 0 Å². The number of hydrogen-bond donors (Lipinski definition) is 1. The average Bonchev–Trinajstić information content (AvgIpc) is 2.59. The zero-order chi connectivity index (χ0) is 13.5. The first-order valence-corrected chi connectivity index (χ1v) is 7.29. The van der Waals surface area contributed by atoms with Crippen molar-refractivity contribution in [1.82, 2.24) is 9.78 Å². The van der Waals surface area contributed by atoms with E-state index in [-0.39, 0.29) is 0 Å². The number of rotatable bonds is 8. The molecule has 3 heteroatoms. The molecule has 104 valence electrons. The van der Waals surface area contributed by atoms with E-state index >= 15 is 0 Å². The predicted molar refractivity (Wildman–Crippen MR) is 75.7 cm³/mol. The first-order chi connectivity index (χ1) is 8.57. The van der Waals surface area contributed by atoms with Gasteiger partial charge in [-0.1, -0.05) is 39.0 Å². The molecular formula is C15H28N2O. The smallest absolute Gasteiger partial charge is 0.0797 e. The quantitative estimate of drug-likeness (QED) is 0.712. The number of nitrogens with zero attached hydrogens (tertiary/aromatic N) is 2. The summed E-state index contributed by atoms with van der Waals surface area (Å²) in [6.07, 6.45) is 7.39. The molecule has 0 spiro atoms. The summed E-state index contributed by atoms with van der Waals surface area (Å²) in [5.41, 5.74) is 3.09. The summed E-state index contributed by atoms with van der Waals surface area (Å²) in [6, 6.07) is 0. The van der Waals surface area contributed by atoms with Crippen LogP contribution in [0.5, 0.6) is 0 Å². The Hall–Kier alpha value is -0.830. The topological polar surface area (TPSA) is 38.0 Å². The lowest BCUT2D eigenvalue weighted by atomic mass is 10.1. The molecule has 0 amide bonds. The van der Waals surface area contributed by atoms with Gasteiger partial charge in [-0.2, -0.15) is 5.10 Å². The summed E-state index contributed by atoms with van der Waals surface area (Å²) in [5, 5.41) is 14.2. The molecule has 0 aliphatic carbocycles. The summed E-state index contributed by atoms with van der Waals surface area (Å²) in [6.45, 7) is 9.07. The minimum absolute atomic E-state index is 0.414. The predicted octanol–water partition coefficient (Wildman–Crippen LogP) is 3.91. The number of unbranched alkanes of at least 4 members (excludes halogenated alkanes) is 5. The van der Waals surface area contributed by atoms with E-state index in [2.05, 4.69) is 23.6 Å². The van der Waals surface area contributed by atoms with E-state index in [0.29, 0.717) is 0 Å². The molecular weight excluding hydrogens is 224 g/mol. The molecule has 0 aliphatic heterocycles. The van der Waals surface area contributed by atoms with Gasteiger partial charge in [0.05, 0.1) is 11.8 Å². The molecule has 1 heterocycles. The Bertz CT molecular complexity index is 356. The third-order valence-electron chi connectivity index (χ3n) is 3.58. The van der Waals surface area contributed by atoms with Crippen LogP contribution in [0.25, 0.3) is 0 Å². The molecule has 1 aromatic heterocycles. The number of aromatic nitrogens is 2. The maximum absolute atomic E-state index is 9.71. The van der Waals surface area contributed by atoms with Crippen molar-refractivity contribution in [2.75, 3.05) is 0 Å². The van der Waals surface area contributed by atoms with E-state index in [0.717, 1.165) is 23.5 Å². The molecule has 0 radical (unpaired) electrons. The van der Waals surface area contributed by atoms with Crippen LogP contribution >= 0.6 is 0 Å². The van der Waals surface area contributed by atoms with Crippen molar-refractivity contribution in [1.29, 1.82) is 0 Å². The minimum Gasteiger partial charge on any atom is -0.389 e. The number of hydrogen-bond acceptors (Lipinski definition) is 2. The van der Waals surface area contributed by atoms with E-state index < -0.39 is 6.10 Å². The third-order valence-corrected chi connectivity index (χ3v) is 3.58. The summed E-state index contributed by atoms with van der Waals surface area (Å²) in [5.74, 6) is 0. The van der Waals surface area contributed by atoms with Crippen LogP contribution in [0.1, 0.15) is 75.4 Å². The first kappa shape index (κ1) is 15.2. The molecule has 0 aromatic carbocycles. The maximum atomic E-state index is 9.71. The van der Waals surface area contributed by atoms with Gasteiger partial charge < -0.3 is 5.11 Å². The Morgan fingerprint density at radius 1 is 1.11 bits per heavy atom. The monoisotopic (exact) mass is 252 g/mol. The Balaban J connectivity index is 2.41. The van der Waals surface area contributed by atoms with Crippen molar-refractivity contribution in [2.24, 2.45) is 0 Å². The van der Waals surface area contributed by atoms with Gasteiger partial charge in [-0.25, -0.2) is 0 Å². The van der Waals surface area contributed by atoms with Crippen molar-refractivity contribution < 1.29 is 5.11 Å². The van der Waals surface area contributed by atoms with E-state index in [4.69, 9.17) is 0 Å². The van der Waals surface area contributed by atoms with Gasteiger partial charge >= 0.3 is 0 Å². The van der Waals surface area contributed by atoms with Gasteiger partial charge in [-0.05, 0) is 27.2 Å². The average molecular weight is 252 g/mol. The maximum Gasteiger partial charge on any atom is 0.0797 e. The van der Waals surface area contributed by atoms with E-state index in [1.165, 1.54) is 38.5 Å². The van der Waals surface area contributed by atoms with Crippen molar-refractivity contribution in [3.8, 4) is 0 Å². The van der Waals surface area contributed by atoms with Crippen LogP contribution < -0.4 is 0 Å².